The highest BCUT2D eigenvalue weighted by Gasteiger charge is 2.32. The van der Waals surface area contributed by atoms with Crippen LogP contribution < -0.4 is 10.6 Å². The number of aromatic nitrogens is 2. The second kappa shape index (κ2) is 5.44. The number of pyridine rings is 1. The molecule has 0 atom stereocenters. The van der Waals surface area contributed by atoms with Gasteiger partial charge in [0, 0.05) is 25.3 Å². The molecular formula is C16H24N4. The van der Waals surface area contributed by atoms with Crippen LogP contribution in [0.3, 0.4) is 0 Å². The second-order valence-corrected chi connectivity index (χ2v) is 6.12. The van der Waals surface area contributed by atoms with Gasteiger partial charge in [0.15, 0.2) is 5.82 Å². The monoisotopic (exact) mass is 272 g/mol. The first-order valence-corrected chi connectivity index (χ1v) is 7.63. The standard InChI is InChI=1S/C16H24N4/c1-12(2)8-10-19(13-6-7-13)16-14(11-17)20-9-4-3-5-15(20)18-16/h3-5,9,12-13H,6-8,10-11,17H2,1-2H3. The topological polar surface area (TPSA) is 46.6 Å². The van der Waals surface area contributed by atoms with Gasteiger partial charge in [-0.25, -0.2) is 4.98 Å². The summed E-state index contributed by atoms with van der Waals surface area (Å²) in [4.78, 5) is 7.31. The first kappa shape index (κ1) is 13.4. The van der Waals surface area contributed by atoms with E-state index in [1.165, 1.54) is 19.3 Å². The first-order chi connectivity index (χ1) is 9.70. The molecule has 2 heterocycles. The lowest BCUT2D eigenvalue weighted by atomic mass is 10.1. The number of hydrogen-bond acceptors (Lipinski definition) is 3. The smallest absolute Gasteiger partial charge is 0.152 e. The summed E-state index contributed by atoms with van der Waals surface area (Å²) in [7, 11) is 0. The lowest BCUT2D eigenvalue weighted by Gasteiger charge is -2.24. The van der Waals surface area contributed by atoms with Gasteiger partial charge in [0.1, 0.15) is 5.65 Å². The van der Waals surface area contributed by atoms with Crippen molar-refractivity contribution in [1.82, 2.24) is 9.38 Å². The van der Waals surface area contributed by atoms with Gasteiger partial charge in [-0.15, -0.1) is 0 Å². The van der Waals surface area contributed by atoms with Crippen molar-refractivity contribution < 1.29 is 0 Å². The number of anilines is 1. The third-order valence-corrected chi connectivity index (χ3v) is 4.01. The van der Waals surface area contributed by atoms with E-state index in [0.717, 1.165) is 29.6 Å². The molecule has 3 rings (SSSR count). The molecule has 1 aliphatic carbocycles. The molecule has 0 spiro atoms. The van der Waals surface area contributed by atoms with Crippen LogP contribution in [0.25, 0.3) is 5.65 Å². The van der Waals surface area contributed by atoms with Crippen LogP contribution in [0.2, 0.25) is 0 Å². The van der Waals surface area contributed by atoms with Crippen LogP contribution in [0, 0.1) is 5.92 Å². The molecule has 2 N–H and O–H groups in total. The maximum absolute atomic E-state index is 5.99. The van der Waals surface area contributed by atoms with E-state index in [2.05, 4.69) is 35.4 Å². The Morgan fingerprint density at radius 2 is 2.20 bits per heavy atom. The van der Waals surface area contributed by atoms with Crippen molar-refractivity contribution in [3.63, 3.8) is 0 Å². The summed E-state index contributed by atoms with van der Waals surface area (Å²) < 4.78 is 2.13. The van der Waals surface area contributed by atoms with Gasteiger partial charge in [-0.1, -0.05) is 19.9 Å². The maximum Gasteiger partial charge on any atom is 0.152 e. The van der Waals surface area contributed by atoms with E-state index in [-0.39, 0.29) is 0 Å². The second-order valence-electron chi connectivity index (χ2n) is 6.12. The SMILES string of the molecule is CC(C)CCN(c1nc2ccccn2c1CN)C1CC1. The molecule has 0 amide bonds. The molecule has 0 saturated heterocycles. The van der Waals surface area contributed by atoms with Gasteiger partial charge in [0.25, 0.3) is 0 Å². The largest absolute Gasteiger partial charge is 0.352 e. The fourth-order valence-electron chi connectivity index (χ4n) is 2.70. The van der Waals surface area contributed by atoms with Crippen LogP contribution in [0.4, 0.5) is 5.82 Å². The molecule has 4 heteroatoms. The van der Waals surface area contributed by atoms with Gasteiger partial charge < -0.3 is 15.0 Å². The molecule has 0 bridgehead atoms. The van der Waals surface area contributed by atoms with Crippen molar-refractivity contribution in [1.29, 1.82) is 0 Å². The van der Waals surface area contributed by atoms with Crippen LogP contribution in [0.1, 0.15) is 38.8 Å². The van der Waals surface area contributed by atoms with Crippen molar-refractivity contribution in [2.24, 2.45) is 11.7 Å². The molecular weight excluding hydrogens is 248 g/mol. The van der Waals surface area contributed by atoms with Gasteiger partial charge in [-0.05, 0) is 37.3 Å². The van der Waals surface area contributed by atoms with E-state index in [1.807, 2.05) is 12.1 Å². The van der Waals surface area contributed by atoms with Gasteiger partial charge in [0.2, 0.25) is 0 Å². The minimum atomic E-state index is 0.533. The number of nitrogens with two attached hydrogens (primary N) is 1. The maximum atomic E-state index is 5.99. The van der Waals surface area contributed by atoms with Gasteiger partial charge in [-0.2, -0.15) is 0 Å². The predicted octanol–water partition coefficient (Wildman–Crippen LogP) is 2.81. The quantitative estimate of drug-likeness (QED) is 0.879. The molecule has 2 aromatic rings. The van der Waals surface area contributed by atoms with E-state index in [4.69, 9.17) is 10.7 Å². The summed E-state index contributed by atoms with van der Waals surface area (Å²) in [6.07, 6.45) is 5.84. The Morgan fingerprint density at radius 3 is 2.85 bits per heavy atom. The molecule has 20 heavy (non-hydrogen) atoms. The summed E-state index contributed by atoms with van der Waals surface area (Å²) >= 11 is 0. The fourth-order valence-corrected chi connectivity index (χ4v) is 2.70. The Labute approximate surface area is 120 Å². The van der Waals surface area contributed by atoms with E-state index in [1.54, 1.807) is 0 Å². The molecule has 108 valence electrons. The number of hydrogen-bond donors (Lipinski definition) is 1. The molecule has 0 unspecified atom stereocenters. The predicted molar refractivity (Wildman–Crippen MR) is 82.9 cm³/mol. The molecule has 0 radical (unpaired) electrons. The summed E-state index contributed by atoms with van der Waals surface area (Å²) in [6, 6.07) is 6.79. The van der Waals surface area contributed by atoms with Crippen LogP contribution in [-0.2, 0) is 6.54 Å². The number of imidazole rings is 1. The zero-order valence-electron chi connectivity index (χ0n) is 12.4. The van der Waals surface area contributed by atoms with Gasteiger partial charge in [0.05, 0.1) is 5.69 Å². The van der Waals surface area contributed by atoms with Crippen LogP contribution in [-0.4, -0.2) is 22.0 Å². The fraction of sp³-hybridized carbons (Fsp3) is 0.562. The Bertz CT molecular complexity index is 583. The number of rotatable bonds is 6. The Hall–Kier alpha value is -1.55. The molecule has 1 aliphatic rings. The zero-order chi connectivity index (χ0) is 14.1. The minimum Gasteiger partial charge on any atom is -0.352 e. The third kappa shape index (κ3) is 2.52. The first-order valence-electron chi connectivity index (χ1n) is 7.63. The number of nitrogens with zero attached hydrogens (tertiary/aromatic N) is 3. The van der Waals surface area contributed by atoms with Gasteiger partial charge >= 0.3 is 0 Å². The van der Waals surface area contributed by atoms with E-state index in [0.29, 0.717) is 12.6 Å². The molecule has 0 aromatic carbocycles. The molecule has 1 fully saturated rings. The lowest BCUT2D eigenvalue weighted by molar-refractivity contribution is 0.568. The highest BCUT2D eigenvalue weighted by Crippen LogP contribution is 2.34. The summed E-state index contributed by atoms with van der Waals surface area (Å²) in [5.74, 6) is 1.82. The lowest BCUT2D eigenvalue weighted by Crippen LogP contribution is -2.29. The van der Waals surface area contributed by atoms with E-state index < -0.39 is 0 Å². The van der Waals surface area contributed by atoms with Crippen molar-refractivity contribution in [3.05, 3.63) is 30.1 Å². The Kier molecular flexibility index (Phi) is 3.66. The summed E-state index contributed by atoms with van der Waals surface area (Å²) in [5, 5.41) is 0. The minimum absolute atomic E-state index is 0.533. The summed E-state index contributed by atoms with van der Waals surface area (Å²) in [5.41, 5.74) is 8.12. The summed E-state index contributed by atoms with van der Waals surface area (Å²) in [6.45, 7) is 6.17. The van der Waals surface area contributed by atoms with E-state index in [9.17, 15) is 0 Å². The van der Waals surface area contributed by atoms with Gasteiger partial charge in [-0.3, -0.25) is 0 Å². The molecule has 2 aromatic heterocycles. The van der Waals surface area contributed by atoms with Crippen molar-refractivity contribution in [2.75, 3.05) is 11.4 Å². The number of fused-ring (bicyclic) bond motifs is 1. The van der Waals surface area contributed by atoms with Crippen LogP contribution >= 0.6 is 0 Å². The molecule has 1 saturated carbocycles. The molecule has 4 nitrogen and oxygen atoms in total. The average molecular weight is 272 g/mol. The van der Waals surface area contributed by atoms with E-state index >= 15 is 0 Å². The molecule has 0 aliphatic heterocycles. The van der Waals surface area contributed by atoms with Crippen molar-refractivity contribution in [3.8, 4) is 0 Å². The van der Waals surface area contributed by atoms with Crippen molar-refractivity contribution >= 4 is 11.5 Å². The Balaban J connectivity index is 1.97. The Morgan fingerprint density at radius 1 is 1.40 bits per heavy atom. The third-order valence-electron chi connectivity index (χ3n) is 4.01. The zero-order valence-corrected chi connectivity index (χ0v) is 12.4. The normalized spacial score (nSPS) is 15.2. The highest BCUT2D eigenvalue weighted by atomic mass is 15.3. The van der Waals surface area contributed by atoms with Crippen LogP contribution in [0.5, 0.6) is 0 Å². The average Bonchev–Trinajstić information content (AvgIpc) is 3.19. The van der Waals surface area contributed by atoms with Crippen LogP contribution in [0.15, 0.2) is 24.4 Å². The van der Waals surface area contributed by atoms with Crippen molar-refractivity contribution in [2.45, 2.75) is 45.7 Å². The highest BCUT2D eigenvalue weighted by molar-refractivity contribution is 5.57.